The highest BCUT2D eigenvalue weighted by Crippen LogP contribution is 2.26. The Morgan fingerprint density at radius 2 is 2.33 bits per heavy atom. The molecule has 1 heterocycles. The lowest BCUT2D eigenvalue weighted by atomic mass is 10.0. The zero-order valence-electron chi connectivity index (χ0n) is 10.1. The number of nitrogens with one attached hydrogen (secondary N) is 2. The minimum Gasteiger partial charge on any atom is -0.387 e. The van der Waals surface area contributed by atoms with Crippen LogP contribution in [0.15, 0.2) is 17.6 Å². The van der Waals surface area contributed by atoms with Gasteiger partial charge in [-0.05, 0) is 12.8 Å². The molecule has 2 atom stereocenters. The summed E-state index contributed by atoms with van der Waals surface area (Å²) in [6.07, 6.45) is 5.21. The lowest BCUT2D eigenvalue weighted by Gasteiger charge is -2.18. The number of sulfonamides is 1. The van der Waals surface area contributed by atoms with E-state index in [2.05, 4.69) is 9.71 Å². The Labute approximate surface area is 106 Å². The van der Waals surface area contributed by atoms with Crippen molar-refractivity contribution >= 4 is 15.9 Å². The van der Waals surface area contributed by atoms with Crippen molar-refractivity contribution in [1.29, 1.82) is 5.41 Å². The Kier molecular flexibility index (Phi) is 3.40. The Morgan fingerprint density at radius 1 is 1.61 bits per heavy atom. The topological polar surface area (TPSA) is 114 Å². The molecule has 0 saturated heterocycles. The van der Waals surface area contributed by atoms with E-state index in [0.29, 0.717) is 6.42 Å². The highest BCUT2D eigenvalue weighted by Gasteiger charge is 2.33. The molecule has 4 N–H and O–H groups in total. The molecular weight excluding hydrogens is 254 g/mol. The van der Waals surface area contributed by atoms with Crippen LogP contribution >= 0.6 is 0 Å². The van der Waals surface area contributed by atoms with Crippen molar-refractivity contribution in [1.82, 2.24) is 14.3 Å². The van der Waals surface area contributed by atoms with E-state index in [9.17, 15) is 8.42 Å². The van der Waals surface area contributed by atoms with Crippen molar-refractivity contribution < 1.29 is 8.42 Å². The highest BCUT2D eigenvalue weighted by molar-refractivity contribution is 7.89. The summed E-state index contributed by atoms with van der Waals surface area (Å²) < 4.78 is 28.3. The van der Waals surface area contributed by atoms with E-state index in [1.54, 1.807) is 11.6 Å². The van der Waals surface area contributed by atoms with Gasteiger partial charge in [-0.25, -0.2) is 18.1 Å². The average Bonchev–Trinajstić information content (AvgIpc) is 2.86. The summed E-state index contributed by atoms with van der Waals surface area (Å²) in [7, 11) is -1.92. The van der Waals surface area contributed by atoms with Gasteiger partial charge in [0, 0.05) is 25.2 Å². The van der Waals surface area contributed by atoms with Gasteiger partial charge in [-0.15, -0.1) is 0 Å². The van der Waals surface area contributed by atoms with E-state index in [4.69, 9.17) is 11.1 Å². The number of nitrogens with zero attached hydrogens (tertiary/aromatic N) is 2. The van der Waals surface area contributed by atoms with Crippen LogP contribution in [0.25, 0.3) is 0 Å². The molecule has 1 aromatic heterocycles. The van der Waals surface area contributed by atoms with Crippen molar-refractivity contribution in [3.05, 3.63) is 12.5 Å². The predicted octanol–water partition coefficient (Wildman–Crippen LogP) is -0.197. The average molecular weight is 271 g/mol. The molecule has 1 aliphatic carbocycles. The lowest BCUT2D eigenvalue weighted by Crippen LogP contribution is -2.42. The Balaban J connectivity index is 2.16. The standard InChI is InChI=1S/C10H17N5O2S/c1-15-5-9(13-6-15)18(16,17)14-8-4-2-3-7(8)10(11)12/h5-8,14H,2-4H2,1H3,(H3,11,12). The number of nitrogens with two attached hydrogens (primary N) is 1. The Hall–Kier alpha value is -1.41. The van der Waals surface area contributed by atoms with Crippen molar-refractivity contribution in [3.63, 3.8) is 0 Å². The highest BCUT2D eigenvalue weighted by atomic mass is 32.2. The van der Waals surface area contributed by atoms with E-state index in [0.717, 1.165) is 12.8 Å². The Morgan fingerprint density at radius 3 is 2.89 bits per heavy atom. The van der Waals surface area contributed by atoms with Gasteiger partial charge in [-0.2, -0.15) is 0 Å². The van der Waals surface area contributed by atoms with Gasteiger partial charge in [0.1, 0.15) is 0 Å². The molecule has 0 amide bonds. The summed E-state index contributed by atoms with van der Waals surface area (Å²) in [5, 5.41) is 7.46. The molecule has 18 heavy (non-hydrogen) atoms. The fourth-order valence-electron chi connectivity index (χ4n) is 2.26. The van der Waals surface area contributed by atoms with Gasteiger partial charge in [0.05, 0.1) is 12.2 Å². The van der Waals surface area contributed by atoms with Gasteiger partial charge >= 0.3 is 0 Å². The molecule has 2 rings (SSSR count). The van der Waals surface area contributed by atoms with Crippen LogP contribution in [0.5, 0.6) is 0 Å². The third-order valence-corrected chi connectivity index (χ3v) is 4.55. The molecule has 2 unspecified atom stereocenters. The number of hydrogen-bond acceptors (Lipinski definition) is 4. The molecule has 100 valence electrons. The van der Waals surface area contributed by atoms with Crippen molar-refractivity contribution in [3.8, 4) is 0 Å². The van der Waals surface area contributed by atoms with E-state index < -0.39 is 10.0 Å². The van der Waals surface area contributed by atoms with Gasteiger partial charge < -0.3 is 10.3 Å². The minimum atomic E-state index is -3.62. The fourth-order valence-corrected chi connectivity index (χ4v) is 3.55. The first kappa shape index (κ1) is 13.0. The number of rotatable bonds is 4. The first-order valence-corrected chi connectivity index (χ1v) is 7.22. The van der Waals surface area contributed by atoms with Crippen LogP contribution in [0.4, 0.5) is 0 Å². The third-order valence-electron chi connectivity index (χ3n) is 3.18. The summed E-state index contributed by atoms with van der Waals surface area (Å²) >= 11 is 0. The van der Waals surface area contributed by atoms with Crippen LogP contribution < -0.4 is 10.5 Å². The SMILES string of the molecule is Cn1cnc(S(=O)(=O)NC2CCCC2C(=N)N)c1. The van der Waals surface area contributed by atoms with Gasteiger partial charge in [0.15, 0.2) is 5.03 Å². The van der Waals surface area contributed by atoms with Crippen LogP contribution in [0, 0.1) is 11.3 Å². The van der Waals surface area contributed by atoms with E-state index >= 15 is 0 Å². The van der Waals surface area contributed by atoms with Gasteiger partial charge in [0.25, 0.3) is 10.0 Å². The molecule has 1 fully saturated rings. The van der Waals surface area contributed by atoms with Crippen LogP contribution in [-0.2, 0) is 17.1 Å². The smallest absolute Gasteiger partial charge is 0.259 e. The molecule has 0 aliphatic heterocycles. The summed E-state index contributed by atoms with van der Waals surface area (Å²) in [4.78, 5) is 3.83. The van der Waals surface area contributed by atoms with Gasteiger partial charge in [-0.1, -0.05) is 6.42 Å². The molecule has 0 bridgehead atoms. The zero-order valence-corrected chi connectivity index (χ0v) is 10.9. The van der Waals surface area contributed by atoms with E-state index in [1.165, 1.54) is 12.5 Å². The molecule has 1 aromatic rings. The van der Waals surface area contributed by atoms with Gasteiger partial charge in [-0.3, -0.25) is 5.41 Å². The number of aromatic nitrogens is 2. The summed E-state index contributed by atoms with van der Waals surface area (Å²) in [5.41, 5.74) is 5.48. The van der Waals surface area contributed by atoms with Crippen molar-refractivity contribution in [2.45, 2.75) is 30.3 Å². The van der Waals surface area contributed by atoms with Gasteiger partial charge in [0.2, 0.25) is 0 Å². The van der Waals surface area contributed by atoms with Crippen molar-refractivity contribution in [2.75, 3.05) is 0 Å². The largest absolute Gasteiger partial charge is 0.387 e. The maximum atomic E-state index is 12.1. The van der Waals surface area contributed by atoms with E-state index in [1.807, 2.05) is 0 Å². The summed E-state index contributed by atoms with van der Waals surface area (Å²) in [6, 6.07) is -0.297. The van der Waals surface area contributed by atoms with Crippen LogP contribution in [0.2, 0.25) is 0 Å². The number of hydrogen-bond donors (Lipinski definition) is 3. The first-order chi connectivity index (χ1) is 8.40. The van der Waals surface area contributed by atoms with Crippen molar-refractivity contribution in [2.24, 2.45) is 18.7 Å². The fraction of sp³-hybridized carbons (Fsp3) is 0.600. The van der Waals surface area contributed by atoms with Crippen LogP contribution in [-0.4, -0.2) is 29.8 Å². The second-order valence-corrected chi connectivity index (χ2v) is 6.26. The quantitative estimate of drug-likeness (QED) is 0.520. The molecule has 0 radical (unpaired) electrons. The maximum Gasteiger partial charge on any atom is 0.259 e. The number of aryl methyl sites for hydroxylation is 1. The van der Waals surface area contributed by atoms with Crippen LogP contribution in [0.1, 0.15) is 19.3 Å². The predicted molar refractivity (Wildman–Crippen MR) is 66.6 cm³/mol. The molecule has 0 spiro atoms. The third kappa shape index (κ3) is 2.54. The lowest BCUT2D eigenvalue weighted by molar-refractivity contribution is 0.519. The molecule has 1 aliphatic rings. The molecular formula is C10H17N5O2S. The molecule has 8 heteroatoms. The molecule has 0 aromatic carbocycles. The first-order valence-electron chi connectivity index (χ1n) is 5.74. The minimum absolute atomic E-state index is 0.000739. The maximum absolute atomic E-state index is 12.1. The second kappa shape index (κ2) is 4.69. The normalized spacial score (nSPS) is 24.3. The summed E-state index contributed by atoms with van der Waals surface area (Å²) in [5.74, 6) is -0.162. The Bertz CT molecular complexity index is 550. The molecule has 1 saturated carbocycles. The van der Waals surface area contributed by atoms with E-state index in [-0.39, 0.29) is 22.8 Å². The monoisotopic (exact) mass is 271 g/mol. The summed E-state index contributed by atoms with van der Waals surface area (Å²) in [6.45, 7) is 0. The molecule has 7 nitrogen and oxygen atoms in total. The second-order valence-electron chi connectivity index (χ2n) is 4.60. The zero-order chi connectivity index (χ0) is 13.3. The number of amidine groups is 1. The number of imidazole rings is 1. The van der Waals surface area contributed by atoms with Crippen LogP contribution in [0.3, 0.4) is 0 Å².